The minimum Gasteiger partial charge on any atom is -0.356 e. The minimum absolute atomic E-state index is 0.00622. The van der Waals surface area contributed by atoms with Gasteiger partial charge in [-0.25, -0.2) is 0 Å². The molecule has 7 rings (SSSR count). The number of carbonyl (C=O) groups excluding carboxylic acids is 6. The zero-order valence-corrected chi connectivity index (χ0v) is 31.9. The monoisotopic (exact) mass is 763 g/mol. The van der Waals surface area contributed by atoms with E-state index in [1.807, 2.05) is 85.8 Å². The number of nitrogens with one attached hydrogen (secondary N) is 3. The second kappa shape index (κ2) is 17.5. The maximum absolute atomic E-state index is 13.1. The van der Waals surface area contributed by atoms with Crippen molar-refractivity contribution < 1.29 is 28.8 Å². The van der Waals surface area contributed by atoms with Gasteiger partial charge in [0.2, 0.25) is 17.7 Å². The molecule has 2 aliphatic heterocycles. The number of anilines is 2. The molecule has 1 unspecified atom stereocenters. The van der Waals surface area contributed by atoms with E-state index >= 15 is 0 Å². The first-order valence-electron chi connectivity index (χ1n) is 19.6. The Morgan fingerprint density at radius 3 is 2.40 bits per heavy atom. The van der Waals surface area contributed by atoms with Gasteiger partial charge in [-0.3, -0.25) is 39.1 Å². The molecule has 4 aromatic carbocycles. The van der Waals surface area contributed by atoms with Crippen molar-refractivity contribution in [2.75, 3.05) is 11.9 Å². The number of piperidine rings is 1. The Labute approximate surface area is 331 Å². The molecule has 2 aliphatic rings. The van der Waals surface area contributed by atoms with Crippen molar-refractivity contribution in [2.24, 2.45) is 0 Å². The number of nitrogens with zero attached hydrogens (tertiary/aromatic N) is 2. The summed E-state index contributed by atoms with van der Waals surface area (Å²) in [7, 11) is 0. The molecule has 1 aromatic heterocycles. The number of amides is 4. The molecule has 3 N–H and O–H groups in total. The van der Waals surface area contributed by atoms with E-state index in [0.29, 0.717) is 55.3 Å². The number of fused-ring (bicyclic) bond motifs is 2. The largest absolute Gasteiger partial charge is 0.356 e. The Bertz CT molecular complexity index is 2360. The van der Waals surface area contributed by atoms with Crippen LogP contribution < -0.4 is 16.0 Å². The molecule has 1 fully saturated rings. The van der Waals surface area contributed by atoms with Gasteiger partial charge in [-0.05, 0) is 78.3 Å². The third-order valence-electron chi connectivity index (χ3n) is 10.8. The predicted octanol–water partition coefficient (Wildman–Crippen LogP) is 7.49. The molecule has 11 nitrogen and oxygen atoms in total. The molecule has 0 saturated carbocycles. The van der Waals surface area contributed by atoms with Crippen LogP contribution in [0.15, 0.2) is 97.2 Å². The van der Waals surface area contributed by atoms with E-state index in [1.54, 1.807) is 18.3 Å². The summed E-state index contributed by atoms with van der Waals surface area (Å²) in [4.78, 5) is 81.8. The van der Waals surface area contributed by atoms with E-state index in [0.717, 1.165) is 57.4 Å². The summed E-state index contributed by atoms with van der Waals surface area (Å²) >= 11 is 0. The van der Waals surface area contributed by atoms with E-state index in [4.69, 9.17) is 0 Å². The summed E-state index contributed by atoms with van der Waals surface area (Å²) in [5.41, 5.74) is 7.72. The topological polar surface area (TPSA) is 155 Å². The fourth-order valence-corrected chi connectivity index (χ4v) is 7.60. The second-order valence-electron chi connectivity index (χ2n) is 14.6. The van der Waals surface area contributed by atoms with Crippen LogP contribution in [-0.2, 0) is 27.3 Å². The average Bonchev–Trinajstić information content (AvgIpc) is 3.57. The van der Waals surface area contributed by atoms with Crippen molar-refractivity contribution in [2.45, 2.75) is 77.3 Å². The van der Waals surface area contributed by atoms with Crippen LogP contribution in [-0.4, -0.2) is 57.7 Å². The Morgan fingerprint density at radius 1 is 0.842 bits per heavy atom. The quantitative estimate of drug-likeness (QED) is 0.0531. The summed E-state index contributed by atoms with van der Waals surface area (Å²) in [5, 5.41) is 9.58. The summed E-state index contributed by atoms with van der Waals surface area (Å²) in [6.07, 6.45) is 5.88. The van der Waals surface area contributed by atoms with Crippen molar-refractivity contribution in [1.82, 2.24) is 20.5 Å². The first kappa shape index (κ1) is 38.8. The molecule has 57 heavy (non-hydrogen) atoms. The van der Waals surface area contributed by atoms with Crippen molar-refractivity contribution in [3.05, 3.63) is 125 Å². The highest BCUT2D eigenvalue weighted by Gasteiger charge is 2.39. The third-order valence-corrected chi connectivity index (χ3v) is 10.8. The van der Waals surface area contributed by atoms with Gasteiger partial charge in [-0.2, -0.15) is 0 Å². The predicted molar refractivity (Wildman–Crippen MR) is 218 cm³/mol. The number of benzene rings is 4. The smallest absolute Gasteiger partial charge is 0.255 e. The van der Waals surface area contributed by atoms with Crippen LogP contribution in [0.3, 0.4) is 0 Å². The molecule has 5 aromatic rings. The molecular formula is C46H45N5O6. The molecule has 0 aliphatic carbocycles. The van der Waals surface area contributed by atoms with Crippen molar-refractivity contribution in [3.63, 3.8) is 0 Å². The number of carbonyl (C=O) groups is 6. The van der Waals surface area contributed by atoms with Gasteiger partial charge in [0, 0.05) is 67.2 Å². The summed E-state index contributed by atoms with van der Waals surface area (Å²) < 4.78 is 0. The molecule has 3 heterocycles. The van der Waals surface area contributed by atoms with E-state index < -0.39 is 11.9 Å². The fourth-order valence-electron chi connectivity index (χ4n) is 7.60. The van der Waals surface area contributed by atoms with Crippen LogP contribution >= 0.6 is 0 Å². The highest BCUT2D eigenvalue weighted by Crippen LogP contribution is 2.34. The second-order valence-corrected chi connectivity index (χ2v) is 14.6. The van der Waals surface area contributed by atoms with E-state index in [2.05, 4.69) is 20.9 Å². The average molecular weight is 764 g/mol. The standard InChI is InChI=1S/C46H45N5O6/c1-2-40(52)36-27-48-38-21-19-32(26-35(38)44(36)49-33-11-5-3-6-12-33)29-15-17-31(18-16-29)41(53)14-7-4-8-25-47-42(54)23-20-30-10-9-13-34-37(30)28-51(46(34)57)39-22-24-43(55)50-45(39)56/h3,5-6,9-13,15-19,21,26-27,39H,2,4,7-8,14,20,22-25,28H2,1H3,(H,47,54)(H,48,49)(H,50,55,56). The van der Waals surface area contributed by atoms with Gasteiger partial charge in [-0.1, -0.05) is 74.0 Å². The zero-order chi connectivity index (χ0) is 39.9. The number of ketones is 2. The SMILES string of the molecule is CCC(=O)c1cnc2ccc(-c3ccc(C(=O)CCCCCNC(=O)CCc4cccc5c4CN(C4CCC(=O)NC4=O)C5=O)cc3)cc2c1Nc1ccccc1. The van der Waals surface area contributed by atoms with Gasteiger partial charge in [0.25, 0.3) is 5.91 Å². The maximum atomic E-state index is 13.1. The molecule has 0 bridgehead atoms. The van der Waals surface area contributed by atoms with Crippen molar-refractivity contribution in [3.8, 4) is 11.1 Å². The molecule has 0 spiro atoms. The van der Waals surface area contributed by atoms with Crippen molar-refractivity contribution >= 4 is 57.5 Å². The third kappa shape index (κ3) is 8.83. The van der Waals surface area contributed by atoms with Crippen LogP contribution in [0.4, 0.5) is 11.4 Å². The first-order valence-corrected chi connectivity index (χ1v) is 19.6. The van der Waals surface area contributed by atoms with Crippen LogP contribution in [0, 0.1) is 0 Å². The lowest BCUT2D eigenvalue weighted by molar-refractivity contribution is -0.137. The van der Waals surface area contributed by atoms with Crippen molar-refractivity contribution in [1.29, 1.82) is 0 Å². The van der Waals surface area contributed by atoms with Gasteiger partial charge in [-0.15, -0.1) is 0 Å². The zero-order valence-electron chi connectivity index (χ0n) is 31.9. The van der Waals surface area contributed by atoms with Crippen LogP contribution in [0.2, 0.25) is 0 Å². The maximum Gasteiger partial charge on any atom is 0.255 e. The molecule has 0 radical (unpaired) electrons. The number of Topliss-reactive ketones (excluding diaryl/α,β-unsaturated/α-hetero) is 2. The lowest BCUT2D eigenvalue weighted by Crippen LogP contribution is -2.52. The Morgan fingerprint density at radius 2 is 1.63 bits per heavy atom. The number of aromatic nitrogens is 1. The summed E-state index contributed by atoms with van der Waals surface area (Å²) in [6, 6.07) is 28.1. The molecule has 1 atom stereocenters. The summed E-state index contributed by atoms with van der Waals surface area (Å²) in [5.74, 6) is -1.02. The van der Waals surface area contributed by atoms with Gasteiger partial charge in [0.05, 0.1) is 16.8 Å². The molecule has 1 saturated heterocycles. The highest BCUT2D eigenvalue weighted by molar-refractivity contribution is 6.10. The summed E-state index contributed by atoms with van der Waals surface area (Å²) in [6.45, 7) is 2.63. The van der Waals surface area contributed by atoms with E-state index in [9.17, 15) is 28.8 Å². The van der Waals surface area contributed by atoms with Crippen LogP contribution in [0.25, 0.3) is 22.0 Å². The highest BCUT2D eigenvalue weighted by atomic mass is 16.2. The number of hydrogen-bond donors (Lipinski definition) is 3. The molecule has 290 valence electrons. The number of unbranched alkanes of at least 4 members (excludes halogenated alkanes) is 2. The van der Waals surface area contributed by atoms with Crippen LogP contribution in [0.1, 0.15) is 100 Å². The van der Waals surface area contributed by atoms with E-state index in [1.165, 1.54) is 4.90 Å². The number of hydrogen-bond acceptors (Lipinski definition) is 8. The Kier molecular flexibility index (Phi) is 11.9. The molecule has 4 amide bonds. The lowest BCUT2D eigenvalue weighted by Gasteiger charge is -2.29. The van der Waals surface area contributed by atoms with Crippen LogP contribution in [0.5, 0.6) is 0 Å². The minimum atomic E-state index is -0.679. The first-order chi connectivity index (χ1) is 27.7. The fraction of sp³-hybridized carbons (Fsp3) is 0.283. The van der Waals surface area contributed by atoms with Gasteiger partial charge in [0.15, 0.2) is 11.6 Å². The number of para-hydroxylation sites is 1. The molecule has 11 heteroatoms. The normalized spacial score (nSPS) is 15.0. The lowest BCUT2D eigenvalue weighted by atomic mass is 9.97. The van der Waals surface area contributed by atoms with Gasteiger partial charge >= 0.3 is 0 Å². The van der Waals surface area contributed by atoms with Gasteiger partial charge in [0.1, 0.15) is 6.04 Å². The number of imide groups is 1. The Balaban J connectivity index is 0.870. The number of rotatable bonds is 16. The number of aryl methyl sites for hydroxylation is 1. The van der Waals surface area contributed by atoms with E-state index in [-0.39, 0.29) is 48.7 Å². The van der Waals surface area contributed by atoms with Gasteiger partial charge < -0.3 is 15.5 Å². The molecular weight excluding hydrogens is 719 g/mol. The number of pyridine rings is 1. The Hall–Kier alpha value is -6.49.